The van der Waals surface area contributed by atoms with Crippen LogP contribution >= 0.6 is 0 Å². The summed E-state index contributed by atoms with van der Waals surface area (Å²) in [6, 6.07) is 5.12. The van der Waals surface area contributed by atoms with Gasteiger partial charge in [0, 0.05) is 36.4 Å². The summed E-state index contributed by atoms with van der Waals surface area (Å²) in [4.78, 5) is 14.1. The molecule has 2 aromatic heterocycles. The number of aromatic nitrogens is 2. The maximum atomic E-state index is 13.8. The van der Waals surface area contributed by atoms with Gasteiger partial charge in [-0.2, -0.15) is 13.2 Å². The molecule has 4 heterocycles. The monoisotopic (exact) mass is 451 g/mol. The lowest BCUT2D eigenvalue weighted by molar-refractivity contribution is -0.137. The number of hydrogen-bond acceptors (Lipinski definition) is 5. The molecule has 0 aliphatic carbocycles. The Morgan fingerprint density at radius 3 is 2.38 bits per heavy atom. The van der Waals surface area contributed by atoms with Crippen molar-refractivity contribution in [3.8, 4) is 0 Å². The van der Waals surface area contributed by atoms with Crippen LogP contribution in [0.1, 0.15) is 38.3 Å². The van der Waals surface area contributed by atoms with E-state index < -0.39 is 24.2 Å². The molecule has 1 fully saturated rings. The lowest BCUT2D eigenvalue weighted by Gasteiger charge is -2.29. The zero-order valence-corrected chi connectivity index (χ0v) is 17.8. The van der Waals surface area contributed by atoms with E-state index in [4.69, 9.17) is 0 Å². The summed E-state index contributed by atoms with van der Waals surface area (Å²) >= 11 is 0. The molecule has 2 aromatic rings. The zero-order valence-electron chi connectivity index (χ0n) is 17.8. The number of anilines is 3. The Kier molecular flexibility index (Phi) is 5.21. The third-order valence-corrected chi connectivity index (χ3v) is 5.25. The molecule has 32 heavy (non-hydrogen) atoms. The topological polar surface area (TPSA) is 53.4 Å². The highest BCUT2D eigenvalue weighted by molar-refractivity contribution is 6.30. The first kappa shape index (κ1) is 22.2. The standard InChI is InChI=1S/C22H22F5N5/c1-20(2,3)19-15(11-29-19)13-8-17(30-16-10-14(4-6-28-16)22(25,26)27)31-18(9-13)32-7-5-21(23,24)12-32/h4,6,8-11H,5,7,12H2,1-3H3,(H,28,30,31). The fourth-order valence-corrected chi connectivity index (χ4v) is 3.64. The number of nitrogens with zero attached hydrogens (tertiary/aromatic N) is 4. The quantitative estimate of drug-likeness (QED) is 0.586. The minimum atomic E-state index is -4.52. The van der Waals surface area contributed by atoms with Crippen molar-refractivity contribution in [1.29, 1.82) is 0 Å². The molecule has 2 aliphatic rings. The van der Waals surface area contributed by atoms with E-state index in [1.807, 2.05) is 20.8 Å². The van der Waals surface area contributed by atoms with Gasteiger partial charge >= 0.3 is 6.18 Å². The Labute approximate surface area is 182 Å². The predicted molar refractivity (Wildman–Crippen MR) is 113 cm³/mol. The molecule has 2 aliphatic heterocycles. The summed E-state index contributed by atoms with van der Waals surface area (Å²) in [6.07, 6.45) is -2.07. The fourth-order valence-electron chi connectivity index (χ4n) is 3.64. The van der Waals surface area contributed by atoms with Crippen molar-refractivity contribution in [1.82, 2.24) is 9.97 Å². The second-order valence-electron chi connectivity index (χ2n) is 8.95. The van der Waals surface area contributed by atoms with Gasteiger partial charge in [0.25, 0.3) is 5.92 Å². The van der Waals surface area contributed by atoms with E-state index in [0.29, 0.717) is 11.4 Å². The van der Waals surface area contributed by atoms with Crippen molar-refractivity contribution in [2.75, 3.05) is 23.3 Å². The second-order valence-corrected chi connectivity index (χ2v) is 8.95. The first-order valence-electron chi connectivity index (χ1n) is 10.1. The van der Waals surface area contributed by atoms with Crippen LogP contribution in [0.2, 0.25) is 0 Å². The van der Waals surface area contributed by atoms with Gasteiger partial charge in [0.2, 0.25) is 0 Å². The van der Waals surface area contributed by atoms with Gasteiger partial charge in [0.1, 0.15) is 17.5 Å². The molecule has 5 nitrogen and oxygen atoms in total. The number of halogens is 5. The highest BCUT2D eigenvalue weighted by Crippen LogP contribution is 2.38. The van der Waals surface area contributed by atoms with Crippen molar-refractivity contribution >= 4 is 28.7 Å². The Balaban J connectivity index is 1.70. The fraction of sp³-hybridized carbons (Fsp3) is 0.409. The van der Waals surface area contributed by atoms with E-state index in [2.05, 4.69) is 20.3 Å². The van der Waals surface area contributed by atoms with Crippen molar-refractivity contribution < 1.29 is 22.0 Å². The molecule has 0 unspecified atom stereocenters. The molecule has 0 radical (unpaired) electrons. The van der Waals surface area contributed by atoms with Gasteiger partial charge in [-0.3, -0.25) is 4.99 Å². The van der Waals surface area contributed by atoms with E-state index in [9.17, 15) is 22.0 Å². The van der Waals surface area contributed by atoms with Crippen LogP contribution in [0.25, 0.3) is 5.57 Å². The Morgan fingerprint density at radius 1 is 1.06 bits per heavy atom. The van der Waals surface area contributed by atoms with Gasteiger partial charge in [0.05, 0.1) is 17.8 Å². The highest BCUT2D eigenvalue weighted by atomic mass is 19.4. The summed E-state index contributed by atoms with van der Waals surface area (Å²) in [5.41, 5.74) is 1.30. The summed E-state index contributed by atoms with van der Waals surface area (Å²) in [5, 5.41) is 2.79. The number of allylic oxidation sites excluding steroid dienone is 1. The maximum absolute atomic E-state index is 13.8. The molecule has 0 atom stereocenters. The smallest absolute Gasteiger partial charge is 0.350 e. The number of pyridine rings is 2. The number of hydrogen-bond donors (Lipinski definition) is 1. The van der Waals surface area contributed by atoms with Crippen LogP contribution in [-0.2, 0) is 6.18 Å². The minimum absolute atomic E-state index is 0.0468. The maximum Gasteiger partial charge on any atom is 0.416 e. The molecule has 0 spiro atoms. The molecule has 170 valence electrons. The summed E-state index contributed by atoms with van der Waals surface area (Å²) in [6.45, 7) is 5.68. The van der Waals surface area contributed by atoms with Crippen LogP contribution in [0.5, 0.6) is 0 Å². The van der Waals surface area contributed by atoms with E-state index in [-0.39, 0.29) is 30.0 Å². The largest absolute Gasteiger partial charge is 0.416 e. The average Bonchev–Trinajstić information content (AvgIpc) is 2.99. The number of alkyl halides is 5. The van der Waals surface area contributed by atoms with Crippen molar-refractivity contribution in [2.24, 2.45) is 10.4 Å². The van der Waals surface area contributed by atoms with Gasteiger partial charge in [0.15, 0.2) is 0 Å². The molecule has 0 amide bonds. The predicted octanol–water partition coefficient (Wildman–Crippen LogP) is 5.93. The van der Waals surface area contributed by atoms with Gasteiger partial charge in [-0.05, 0) is 29.8 Å². The Morgan fingerprint density at radius 2 is 1.81 bits per heavy atom. The van der Waals surface area contributed by atoms with E-state index in [0.717, 1.165) is 29.6 Å². The first-order valence-corrected chi connectivity index (χ1v) is 10.1. The van der Waals surface area contributed by atoms with Gasteiger partial charge < -0.3 is 10.2 Å². The van der Waals surface area contributed by atoms with Gasteiger partial charge in [-0.25, -0.2) is 18.7 Å². The highest BCUT2D eigenvalue weighted by Gasteiger charge is 2.39. The normalized spacial score (nSPS) is 18.2. The Bertz CT molecular complexity index is 1100. The SMILES string of the molecule is CC(C)(C)C1=NC=C1c1cc(Nc2cc(C(F)(F)F)ccn2)nc(N2CCC(F)(F)C2)c1. The molecular formula is C22H22F5N5. The molecule has 4 rings (SSSR count). The van der Waals surface area contributed by atoms with E-state index in [1.54, 1.807) is 18.3 Å². The van der Waals surface area contributed by atoms with Crippen molar-refractivity contribution in [2.45, 2.75) is 39.3 Å². The van der Waals surface area contributed by atoms with E-state index in [1.165, 1.54) is 4.90 Å². The van der Waals surface area contributed by atoms with Crippen LogP contribution in [0.15, 0.2) is 41.7 Å². The van der Waals surface area contributed by atoms with Crippen LogP contribution < -0.4 is 10.2 Å². The molecule has 0 bridgehead atoms. The van der Waals surface area contributed by atoms with Crippen molar-refractivity contribution in [3.05, 3.63) is 47.8 Å². The third kappa shape index (κ3) is 4.58. The van der Waals surface area contributed by atoms with Crippen LogP contribution in [-0.4, -0.2) is 34.7 Å². The molecule has 10 heteroatoms. The third-order valence-electron chi connectivity index (χ3n) is 5.25. The van der Waals surface area contributed by atoms with Crippen LogP contribution in [0.3, 0.4) is 0 Å². The van der Waals surface area contributed by atoms with Crippen LogP contribution in [0, 0.1) is 5.41 Å². The summed E-state index contributed by atoms with van der Waals surface area (Å²) < 4.78 is 66.8. The minimum Gasteiger partial charge on any atom is -0.350 e. The van der Waals surface area contributed by atoms with Crippen molar-refractivity contribution in [3.63, 3.8) is 0 Å². The van der Waals surface area contributed by atoms with Gasteiger partial charge in [-0.15, -0.1) is 0 Å². The number of nitrogens with one attached hydrogen (secondary N) is 1. The lowest BCUT2D eigenvalue weighted by Crippen LogP contribution is -2.27. The molecule has 0 saturated carbocycles. The first-order chi connectivity index (χ1) is 14.8. The average molecular weight is 451 g/mol. The summed E-state index contributed by atoms with van der Waals surface area (Å²) in [5.74, 6) is -2.34. The Hall–Kier alpha value is -3.04. The zero-order chi connectivity index (χ0) is 23.3. The molecular weight excluding hydrogens is 429 g/mol. The van der Waals surface area contributed by atoms with Crippen LogP contribution in [0.4, 0.5) is 39.4 Å². The number of aliphatic imine (C=N–C) groups is 1. The molecule has 1 N–H and O–H groups in total. The molecule has 1 saturated heterocycles. The summed E-state index contributed by atoms with van der Waals surface area (Å²) in [7, 11) is 0. The molecule has 0 aromatic carbocycles. The second kappa shape index (κ2) is 7.53. The number of rotatable bonds is 4. The lowest BCUT2D eigenvalue weighted by atomic mass is 9.81. The van der Waals surface area contributed by atoms with Gasteiger partial charge in [-0.1, -0.05) is 20.8 Å². The van der Waals surface area contributed by atoms with E-state index >= 15 is 0 Å².